The van der Waals surface area contributed by atoms with Gasteiger partial charge in [0.1, 0.15) is 5.60 Å². The number of hydrogen-bond donors (Lipinski definition) is 1. The number of carbonyl (C=O) groups is 1. The second-order valence-corrected chi connectivity index (χ2v) is 7.87. The highest BCUT2D eigenvalue weighted by Crippen LogP contribution is 2.28. The normalized spacial score (nSPS) is 25.8. The molecule has 3 unspecified atom stereocenters. The van der Waals surface area contributed by atoms with Crippen LogP contribution in [-0.4, -0.2) is 42.3 Å². The van der Waals surface area contributed by atoms with Crippen LogP contribution in [0, 0.1) is 11.8 Å². The molecule has 0 radical (unpaired) electrons. The fraction of sp³-hybridized carbons (Fsp3) is 0.944. The Balaban J connectivity index is 2.28. The van der Waals surface area contributed by atoms with Gasteiger partial charge in [-0.15, -0.1) is 0 Å². The van der Waals surface area contributed by atoms with Crippen LogP contribution in [0.2, 0.25) is 0 Å². The quantitative estimate of drug-likeness (QED) is 0.752. The van der Waals surface area contributed by atoms with Crippen molar-refractivity contribution in [2.24, 2.45) is 11.8 Å². The van der Waals surface area contributed by atoms with Gasteiger partial charge in [0, 0.05) is 19.1 Å². The second-order valence-electron chi connectivity index (χ2n) is 7.87. The number of nitrogens with one attached hydrogen (secondary N) is 1. The van der Waals surface area contributed by atoms with Crippen molar-refractivity contribution in [3.8, 4) is 0 Å². The predicted octanol–water partition coefficient (Wildman–Crippen LogP) is 4.05. The van der Waals surface area contributed by atoms with Crippen LogP contribution in [0.25, 0.3) is 0 Å². The lowest BCUT2D eigenvalue weighted by molar-refractivity contribution is 0.0257. The third-order valence-corrected chi connectivity index (χ3v) is 4.50. The van der Waals surface area contributed by atoms with E-state index in [4.69, 9.17) is 4.74 Å². The van der Waals surface area contributed by atoms with Crippen molar-refractivity contribution < 1.29 is 9.53 Å². The summed E-state index contributed by atoms with van der Waals surface area (Å²) in [6.45, 7) is 14.9. The van der Waals surface area contributed by atoms with E-state index in [-0.39, 0.29) is 6.09 Å². The highest BCUT2D eigenvalue weighted by atomic mass is 16.6. The Labute approximate surface area is 137 Å². The number of ether oxygens (including phenoxy) is 1. The van der Waals surface area contributed by atoms with Crippen molar-refractivity contribution in [3.63, 3.8) is 0 Å². The van der Waals surface area contributed by atoms with Gasteiger partial charge in [-0.25, -0.2) is 4.79 Å². The van der Waals surface area contributed by atoms with Gasteiger partial charge in [0.15, 0.2) is 0 Å². The number of nitrogens with zero attached hydrogens (tertiary/aromatic N) is 1. The first-order chi connectivity index (χ1) is 10.2. The number of carbonyl (C=O) groups excluding carboxylic acids is 1. The summed E-state index contributed by atoms with van der Waals surface area (Å²) in [7, 11) is 0. The predicted molar refractivity (Wildman–Crippen MR) is 92.1 cm³/mol. The lowest BCUT2D eigenvalue weighted by Gasteiger charge is -2.33. The third-order valence-electron chi connectivity index (χ3n) is 4.50. The molecule has 1 N–H and O–H groups in total. The lowest BCUT2D eigenvalue weighted by Crippen LogP contribution is -2.41. The van der Waals surface area contributed by atoms with Crippen molar-refractivity contribution in [3.05, 3.63) is 0 Å². The van der Waals surface area contributed by atoms with Gasteiger partial charge in [-0.1, -0.05) is 20.3 Å². The average molecular weight is 312 g/mol. The molecular formula is C18H36N2O2. The van der Waals surface area contributed by atoms with Crippen molar-refractivity contribution in [1.82, 2.24) is 10.2 Å². The first kappa shape index (κ1) is 19.3. The van der Waals surface area contributed by atoms with Crippen molar-refractivity contribution >= 4 is 6.09 Å². The Morgan fingerprint density at radius 1 is 1.27 bits per heavy atom. The molecule has 0 aromatic heterocycles. The summed E-state index contributed by atoms with van der Waals surface area (Å²) in [5.74, 6) is 1.60. The highest BCUT2D eigenvalue weighted by Gasteiger charge is 2.25. The molecule has 130 valence electrons. The molecule has 1 rings (SSSR count). The zero-order valence-electron chi connectivity index (χ0n) is 15.4. The molecule has 1 fully saturated rings. The molecule has 0 heterocycles. The third kappa shape index (κ3) is 6.99. The summed E-state index contributed by atoms with van der Waals surface area (Å²) >= 11 is 0. The molecule has 0 aromatic rings. The van der Waals surface area contributed by atoms with E-state index < -0.39 is 5.60 Å². The topological polar surface area (TPSA) is 41.6 Å². The number of hydrogen-bond acceptors (Lipinski definition) is 3. The van der Waals surface area contributed by atoms with Gasteiger partial charge in [0.25, 0.3) is 0 Å². The number of rotatable bonds is 6. The molecule has 1 aliphatic rings. The molecule has 0 bridgehead atoms. The van der Waals surface area contributed by atoms with Gasteiger partial charge in [-0.3, -0.25) is 0 Å². The molecule has 1 amide bonds. The largest absolute Gasteiger partial charge is 0.444 e. The van der Waals surface area contributed by atoms with Crippen LogP contribution in [0.5, 0.6) is 0 Å². The van der Waals surface area contributed by atoms with Crippen molar-refractivity contribution in [2.75, 3.05) is 19.6 Å². The fourth-order valence-corrected chi connectivity index (χ4v) is 3.08. The van der Waals surface area contributed by atoms with Gasteiger partial charge >= 0.3 is 6.09 Å². The molecule has 0 spiro atoms. The van der Waals surface area contributed by atoms with Crippen molar-refractivity contribution in [1.29, 1.82) is 0 Å². The Morgan fingerprint density at radius 2 is 1.95 bits per heavy atom. The zero-order valence-corrected chi connectivity index (χ0v) is 15.4. The highest BCUT2D eigenvalue weighted by molar-refractivity contribution is 5.68. The monoisotopic (exact) mass is 312 g/mol. The maximum atomic E-state index is 12.1. The Bertz CT molecular complexity index is 338. The Morgan fingerprint density at radius 3 is 2.55 bits per heavy atom. The van der Waals surface area contributed by atoms with E-state index in [2.05, 4.69) is 19.2 Å². The maximum Gasteiger partial charge on any atom is 0.410 e. The van der Waals surface area contributed by atoms with E-state index in [1.807, 2.05) is 27.7 Å². The van der Waals surface area contributed by atoms with Crippen LogP contribution in [0.1, 0.15) is 67.2 Å². The van der Waals surface area contributed by atoms with Crippen LogP contribution in [0.15, 0.2) is 0 Å². The van der Waals surface area contributed by atoms with Gasteiger partial charge in [-0.05, 0) is 65.3 Å². The van der Waals surface area contributed by atoms with Gasteiger partial charge < -0.3 is 15.0 Å². The maximum absolute atomic E-state index is 12.1. The summed E-state index contributed by atoms with van der Waals surface area (Å²) in [6, 6.07) is 0.639. The molecular weight excluding hydrogens is 276 g/mol. The molecule has 22 heavy (non-hydrogen) atoms. The van der Waals surface area contributed by atoms with Crippen LogP contribution in [-0.2, 0) is 4.74 Å². The summed E-state index contributed by atoms with van der Waals surface area (Å²) in [5.41, 5.74) is -0.420. The average Bonchev–Trinajstić information content (AvgIpc) is 2.40. The molecule has 1 aliphatic carbocycles. The van der Waals surface area contributed by atoms with E-state index in [0.29, 0.717) is 12.6 Å². The van der Waals surface area contributed by atoms with Crippen molar-refractivity contribution in [2.45, 2.75) is 78.9 Å². The summed E-state index contributed by atoms with van der Waals surface area (Å²) in [4.78, 5) is 13.9. The minimum absolute atomic E-state index is 0.199. The molecule has 4 nitrogen and oxygen atoms in total. The minimum Gasteiger partial charge on any atom is -0.444 e. The van der Waals surface area contributed by atoms with Crippen LogP contribution in [0.4, 0.5) is 4.79 Å². The Hall–Kier alpha value is -0.770. The first-order valence-corrected chi connectivity index (χ1v) is 8.94. The van der Waals surface area contributed by atoms with Crippen LogP contribution >= 0.6 is 0 Å². The lowest BCUT2D eigenvalue weighted by atomic mass is 9.80. The summed E-state index contributed by atoms with van der Waals surface area (Å²) in [6.07, 6.45) is 4.75. The smallest absolute Gasteiger partial charge is 0.410 e. The Kier molecular flexibility index (Phi) is 7.67. The zero-order chi connectivity index (χ0) is 16.8. The van der Waals surface area contributed by atoms with E-state index in [1.54, 1.807) is 4.90 Å². The molecule has 1 saturated carbocycles. The standard InChI is InChI=1S/C18H36N2O2/c1-7-20(17(21)22-18(4,5)6)12-8-11-19-16-13-14(2)9-10-15(16)3/h14-16,19H,7-13H2,1-6H3. The van der Waals surface area contributed by atoms with E-state index in [9.17, 15) is 4.79 Å². The summed E-state index contributed by atoms with van der Waals surface area (Å²) < 4.78 is 5.44. The van der Waals surface area contributed by atoms with Crippen LogP contribution < -0.4 is 5.32 Å². The van der Waals surface area contributed by atoms with E-state index in [1.165, 1.54) is 19.3 Å². The fourth-order valence-electron chi connectivity index (χ4n) is 3.08. The summed E-state index contributed by atoms with van der Waals surface area (Å²) in [5, 5.41) is 3.69. The molecule has 0 aliphatic heterocycles. The molecule has 0 aromatic carbocycles. The number of amides is 1. The molecule has 4 heteroatoms. The minimum atomic E-state index is -0.420. The van der Waals surface area contributed by atoms with Gasteiger partial charge in [0.05, 0.1) is 0 Å². The van der Waals surface area contributed by atoms with Gasteiger partial charge in [-0.2, -0.15) is 0 Å². The van der Waals surface area contributed by atoms with Gasteiger partial charge in [0.2, 0.25) is 0 Å². The van der Waals surface area contributed by atoms with E-state index >= 15 is 0 Å². The first-order valence-electron chi connectivity index (χ1n) is 8.94. The molecule has 0 saturated heterocycles. The SMILES string of the molecule is CCN(CCCNC1CC(C)CCC1C)C(=O)OC(C)(C)C. The molecule has 3 atom stereocenters. The van der Waals surface area contributed by atoms with Crippen LogP contribution in [0.3, 0.4) is 0 Å². The second kappa shape index (κ2) is 8.76. The van der Waals surface area contributed by atoms with E-state index in [0.717, 1.165) is 31.3 Å².